The van der Waals surface area contributed by atoms with Gasteiger partial charge in [0, 0.05) is 12.2 Å². The number of fused-ring (bicyclic) bond motifs is 1. The Morgan fingerprint density at radius 1 is 0.964 bits per heavy atom. The summed E-state index contributed by atoms with van der Waals surface area (Å²) >= 11 is 0. The Balaban J connectivity index is 1.63. The molecule has 1 fully saturated rings. The lowest BCUT2D eigenvalue weighted by Crippen LogP contribution is -2.47. The quantitative estimate of drug-likeness (QED) is 0.715. The zero-order chi connectivity index (χ0) is 19.3. The number of likely N-dealkylation sites (tertiary alicyclic amines) is 1. The Hall–Kier alpha value is -2.28. The number of benzene rings is 2. The molecule has 2 heterocycles. The van der Waals surface area contributed by atoms with Gasteiger partial charge in [-0.05, 0) is 55.8 Å². The standard InChI is InChI=1S/C22H28N2O4/c25-16-24(18-6-2-1-3-7-18)19(15-23-10-4-5-11-23)22(26)17-8-9-20-21(14-17)28-13-12-27-20/h1-3,6-9,14,19,22,25-26H,4-5,10-13,15-16H2/t19-,22-/m1/s1. The molecule has 2 aliphatic rings. The van der Waals surface area contributed by atoms with Gasteiger partial charge in [0.1, 0.15) is 26.0 Å². The van der Waals surface area contributed by atoms with E-state index in [4.69, 9.17) is 9.47 Å². The third-order valence-electron chi connectivity index (χ3n) is 5.56. The average Bonchev–Trinajstić information content (AvgIpc) is 3.27. The molecule has 6 heteroatoms. The Morgan fingerprint density at radius 2 is 1.68 bits per heavy atom. The van der Waals surface area contributed by atoms with Crippen LogP contribution in [-0.2, 0) is 0 Å². The van der Waals surface area contributed by atoms with Crippen LogP contribution >= 0.6 is 0 Å². The van der Waals surface area contributed by atoms with Crippen molar-refractivity contribution in [2.75, 3.05) is 44.5 Å². The molecule has 2 aliphatic heterocycles. The summed E-state index contributed by atoms with van der Waals surface area (Å²) in [6, 6.07) is 15.1. The number of ether oxygens (including phenoxy) is 2. The van der Waals surface area contributed by atoms with Crippen molar-refractivity contribution >= 4 is 5.69 Å². The highest BCUT2D eigenvalue weighted by Gasteiger charge is 2.31. The van der Waals surface area contributed by atoms with Gasteiger partial charge in [0.05, 0.1) is 6.04 Å². The first kappa shape index (κ1) is 19.1. The first-order chi connectivity index (χ1) is 13.8. The summed E-state index contributed by atoms with van der Waals surface area (Å²) in [5.74, 6) is 1.37. The lowest BCUT2D eigenvalue weighted by atomic mass is 9.99. The normalized spacial score (nSPS) is 18.6. The van der Waals surface area contributed by atoms with Gasteiger partial charge < -0.3 is 29.5 Å². The van der Waals surface area contributed by atoms with Gasteiger partial charge in [-0.1, -0.05) is 24.3 Å². The number of hydrogen-bond donors (Lipinski definition) is 2. The van der Waals surface area contributed by atoms with E-state index in [2.05, 4.69) is 4.90 Å². The van der Waals surface area contributed by atoms with E-state index in [1.54, 1.807) is 0 Å². The predicted octanol–water partition coefficient (Wildman–Crippen LogP) is 2.41. The van der Waals surface area contributed by atoms with Gasteiger partial charge in [0.15, 0.2) is 11.5 Å². The lowest BCUT2D eigenvalue weighted by Gasteiger charge is -2.38. The van der Waals surface area contributed by atoms with Crippen molar-refractivity contribution in [3.63, 3.8) is 0 Å². The molecule has 1 saturated heterocycles. The highest BCUT2D eigenvalue weighted by molar-refractivity contribution is 5.49. The Bertz CT molecular complexity index is 764. The molecule has 0 unspecified atom stereocenters. The first-order valence-electron chi connectivity index (χ1n) is 9.99. The second kappa shape index (κ2) is 8.82. The van der Waals surface area contributed by atoms with Crippen LogP contribution < -0.4 is 14.4 Å². The van der Waals surface area contributed by atoms with Gasteiger partial charge in [-0.2, -0.15) is 0 Å². The van der Waals surface area contributed by atoms with E-state index in [0.717, 1.165) is 24.3 Å². The monoisotopic (exact) mass is 384 g/mol. The fourth-order valence-electron chi connectivity index (χ4n) is 4.06. The summed E-state index contributed by atoms with van der Waals surface area (Å²) in [6.07, 6.45) is 1.58. The van der Waals surface area contributed by atoms with Crippen LogP contribution in [-0.4, -0.2) is 60.7 Å². The Kier molecular flexibility index (Phi) is 6.00. The molecule has 150 valence electrons. The van der Waals surface area contributed by atoms with E-state index >= 15 is 0 Å². The largest absolute Gasteiger partial charge is 0.486 e. The van der Waals surface area contributed by atoms with E-state index in [-0.39, 0.29) is 12.8 Å². The zero-order valence-corrected chi connectivity index (χ0v) is 16.0. The molecule has 2 atom stereocenters. The minimum absolute atomic E-state index is 0.163. The summed E-state index contributed by atoms with van der Waals surface area (Å²) in [5.41, 5.74) is 1.66. The van der Waals surface area contributed by atoms with E-state index in [1.165, 1.54) is 12.8 Å². The molecular formula is C22H28N2O4. The molecule has 0 aliphatic carbocycles. The topological polar surface area (TPSA) is 65.4 Å². The maximum atomic E-state index is 11.3. The third kappa shape index (κ3) is 4.09. The molecule has 0 radical (unpaired) electrons. The maximum absolute atomic E-state index is 11.3. The molecule has 6 nitrogen and oxygen atoms in total. The van der Waals surface area contributed by atoms with E-state index in [0.29, 0.717) is 31.3 Å². The smallest absolute Gasteiger partial charge is 0.161 e. The second-order valence-electron chi connectivity index (χ2n) is 7.37. The SMILES string of the molecule is OCN(c1ccccc1)[C@H](CN1CCCC1)[C@H](O)c1ccc2c(c1)OCCO2. The van der Waals surface area contributed by atoms with Crippen molar-refractivity contribution in [3.05, 3.63) is 54.1 Å². The molecule has 2 aromatic carbocycles. The van der Waals surface area contributed by atoms with Crippen LogP contribution in [0.3, 0.4) is 0 Å². The van der Waals surface area contributed by atoms with E-state index in [1.807, 2.05) is 53.4 Å². The van der Waals surface area contributed by atoms with Crippen molar-refractivity contribution in [2.24, 2.45) is 0 Å². The molecule has 0 bridgehead atoms. The number of hydrogen-bond acceptors (Lipinski definition) is 6. The minimum Gasteiger partial charge on any atom is -0.486 e. The van der Waals surface area contributed by atoms with E-state index in [9.17, 15) is 10.2 Å². The van der Waals surface area contributed by atoms with Crippen molar-refractivity contribution < 1.29 is 19.7 Å². The summed E-state index contributed by atoms with van der Waals surface area (Å²) < 4.78 is 11.3. The summed E-state index contributed by atoms with van der Waals surface area (Å²) in [7, 11) is 0. The van der Waals surface area contributed by atoms with Crippen LogP contribution in [0.1, 0.15) is 24.5 Å². The summed E-state index contributed by atoms with van der Waals surface area (Å²) in [6.45, 7) is 3.63. The number of aliphatic hydroxyl groups is 2. The van der Waals surface area contributed by atoms with Gasteiger partial charge in [-0.25, -0.2) is 0 Å². The van der Waals surface area contributed by atoms with Crippen molar-refractivity contribution in [1.82, 2.24) is 4.90 Å². The van der Waals surface area contributed by atoms with Gasteiger partial charge in [-0.3, -0.25) is 0 Å². The molecule has 0 amide bonds. The van der Waals surface area contributed by atoms with Crippen molar-refractivity contribution in [3.8, 4) is 11.5 Å². The molecule has 2 aromatic rings. The molecule has 4 rings (SSSR count). The van der Waals surface area contributed by atoms with Crippen LogP contribution in [0.2, 0.25) is 0 Å². The number of para-hydroxylation sites is 1. The number of rotatable bonds is 7. The fourth-order valence-corrected chi connectivity index (χ4v) is 4.06. The first-order valence-corrected chi connectivity index (χ1v) is 9.99. The Morgan fingerprint density at radius 3 is 2.39 bits per heavy atom. The number of aliphatic hydroxyl groups excluding tert-OH is 2. The van der Waals surface area contributed by atoms with Gasteiger partial charge in [0.25, 0.3) is 0 Å². The summed E-state index contributed by atoms with van der Waals surface area (Å²) in [5, 5.41) is 21.5. The molecule has 0 spiro atoms. The van der Waals surface area contributed by atoms with Gasteiger partial charge in [0.2, 0.25) is 0 Å². The number of nitrogens with zero attached hydrogens (tertiary/aromatic N) is 2. The fraction of sp³-hybridized carbons (Fsp3) is 0.455. The van der Waals surface area contributed by atoms with E-state index < -0.39 is 6.10 Å². The lowest BCUT2D eigenvalue weighted by molar-refractivity contribution is 0.107. The van der Waals surface area contributed by atoms with Crippen LogP contribution in [0.15, 0.2) is 48.5 Å². The average molecular weight is 384 g/mol. The van der Waals surface area contributed by atoms with Gasteiger partial charge >= 0.3 is 0 Å². The highest BCUT2D eigenvalue weighted by Crippen LogP contribution is 2.35. The zero-order valence-electron chi connectivity index (χ0n) is 16.0. The molecular weight excluding hydrogens is 356 g/mol. The number of anilines is 1. The molecule has 28 heavy (non-hydrogen) atoms. The third-order valence-corrected chi connectivity index (χ3v) is 5.56. The van der Waals surface area contributed by atoms with Crippen LogP contribution in [0.25, 0.3) is 0 Å². The summed E-state index contributed by atoms with van der Waals surface area (Å²) in [4.78, 5) is 4.23. The van der Waals surface area contributed by atoms with Crippen molar-refractivity contribution in [1.29, 1.82) is 0 Å². The highest BCUT2D eigenvalue weighted by atomic mass is 16.6. The second-order valence-corrected chi connectivity index (χ2v) is 7.37. The minimum atomic E-state index is -0.774. The maximum Gasteiger partial charge on any atom is 0.161 e. The molecule has 0 saturated carbocycles. The molecule has 0 aromatic heterocycles. The van der Waals surface area contributed by atoms with Crippen molar-refractivity contribution in [2.45, 2.75) is 25.0 Å². The van der Waals surface area contributed by atoms with Gasteiger partial charge in [-0.15, -0.1) is 0 Å². The van der Waals surface area contributed by atoms with Crippen LogP contribution in [0, 0.1) is 0 Å². The predicted molar refractivity (Wildman–Crippen MR) is 108 cm³/mol. The van der Waals surface area contributed by atoms with Crippen LogP contribution in [0.4, 0.5) is 5.69 Å². The Labute approximate surface area is 165 Å². The van der Waals surface area contributed by atoms with Crippen LogP contribution in [0.5, 0.6) is 11.5 Å². The molecule has 2 N–H and O–H groups in total.